The normalized spacial score (nSPS) is 13.8. The van der Waals surface area contributed by atoms with Gasteiger partial charge in [0.25, 0.3) is 0 Å². The fourth-order valence-corrected chi connectivity index (χ4v) is 3.19. The van der Waals surface area contributed by atoms with Crippen LogP contribution in [0.15, 0.2) is 53.3 Å². The van der Waals surface area contributed by atoms with Crippen LogP contribution in [0.3, 0.4) is 0 Å². The average molecular weight is 356 g/mol. The number of aromatic nitrogens is 1. The van der Waals surface area contributed by atoms with Crippen molar-refractivity contribution in [3.8, 4) is 0 Å². The van der Waals surface area contributed by atoms with Gasteiger partial charge in [0.2, 0.25) is 0 Å². The summed E-state index contributed by atoms with van der Waals surface area (Å²) < 4.78 is 18.8. The molecule has 0 bridgehead atoms. The number of hydrogen-bond acceptors (Lipinski definition) is 3. The van der Waals surface area contributed by atoms with Gasteiger partial charge in [-0.1, -0.05) is 35.0 Å². The van der Waals surface area contributed by atoms with Gasteiger partial charge in [0, 0.05) is 16.5 Å². The van der Waals surface area contributed by atoms with E-state index in [1.54, 1.807) is 6.07 Å². The van der Waals surface area contributed by atoms with Gasteiger partial charge in [0.1, 0.15) is 12.1 Å². The van der Waals surface area contributed by atoms with Crippen LogP contribution in [0.2, 0.25) is 5.02 Å². The first-order valence-electron chi connectivity index (χ1n) is 8.14. The molecular formula is C20H15ClFNO2. The monoisotopic (exact) mass is 355 g/mol. The molecule has 2 aromatic carbocycles. The van der Waals surface area contributed by atoms with E-state index in [0.29, 0.717) is 39.7 Å². The highest BCUT2D eigenvalue weighted by molar-refractivity contribution is 6.31. The van der Waals surface area contributed by atoms with E-state index in [4.69, 9.17) is 16.1 Å². The summed E-state index contributed by atoms with van der Waals surface area (Å²) in [7, 11) is 0. The summed E-state index contributed by atoms with van der Waals surface area (Å²) in [5.41, 5.74) is 3.07. The van der Waals surface area contributed by atoms with Gasteiger partial charge < -0.3 is 4.52 Å². The number of nitrogens with zero attached hydrogens (tertiary/aromatic N) is 1. The molecule has 0 spiro atoms. The van der Waals surface area contributed by atoms with Gasteiger partial charge in [-0.3, -0.25) is 4.79 Å². The Kier molecular flexibility index (Phi) is 4.14. The van der Waals surface area contributed by atoms with Crippen LogP contribution in [-0.4, -0.2) is 10.9 Å². The highest BCUT2D eigenvalue weighted by atomic mass is 35.5. The lowest BCUT2D eigenvalue weighted by atomic mass is 9.93. The van der Waals surface area contributed by atoms with Crippen molar-refractivity contribution in [2.24, 2.45) is 0 Å². The average Bonchev–Trinajstić information content (AvgIpc) is 3.33. The Morgan fingerprint density at radius 3 is 2.72 bits per heavy atom. The van der Waals surface area contributed by atoms with Crippen LogP contribution in [0, 0.1) is 5.82 Å². The largest absolute Gasteiger partial charge is 0.364 e. The molecule has 0 saturated heterocycles. The third-order valence-electron chi connectivity index (χ3n) is 4.46. The predicted molar refractivity (Wildman–Crippen MR) is 92.6 cm³/mol. The van der Waals surface area contributed by atoms with Crippen molar-refractivity contribution in [1.29, 1.82) is 0 Å². The Morgan fingerprint density at radius 1 is 1.16 bits per heavy atom. The molecule has 0 unspecified atom stereocenters. The predicted octanol–water partition coefficient (Wildman–Crippen LogP) is 5.17. The van der Waals surface area contributed by atoms with Crippen LogP contribution >= 0.6 is 11.6 Å². The topological polar surface area (TPSA) is 43.1 Å². The molecule has 3 aromatic rings. The van der Waals surface area contributed by atoms with Crippen LogP contribution in [-0.2, 0) is 6.42 Å². The second kappa shape index (κ2) is 6.45. The molecule has 3 nitrogen and oxygen atoms in total. The molecule has 5 heteroatoms. The van der Waals surface area contributed by atoms with E-state index in [1.165, 1.54) is 24.5 Å². The van der Waals surface area contributed by atoms with E-state index in [0.717, 1.165) is 18.4 Å². The lowest BCUT2D eigenvalue weighted by Gasteiger charge is -2.10. The maximum Gasteiger partial charge on any atom is 0.198 e. The number of carbonyl (C=O) groups is 1. The number of carbonyl (C=O) groups excluding carboxylic acids is 1. The lowest BCUT2D eigenvalue weighted by Crippen LogP contribution is -2.08. The summed E-state index contributed by atoms with van der Waals surface area (Å²) in [5, 5.41) is 4.57. The van der Waals surface area contributed by atoms with Crippen molar-refractivity contribution < 1.29 is 13.7 Å². The smallest absolute Gasteiger partial charge is 0.198 e. The molecule has 1 aromatic heterocycles. The first-order valence-corrected chi connectivity index (χ1v) is 8.52. The van der Waals surface area contributed by atoms with Gasteiger partial charge >= 0.3 is 0 Å². The minimum absolute atomic E-state index is 0.190. The minimum atomic E-state index is -0.383. The molecule has 0 amide bonds. The maximum atomic E-state index is 13.8. The Morgan fingerprint density at radius 2 is 1.96 bits per heavy atom. The molecule has 0 N–H and O–H groups in total. The summed E-state index contributed by atoms with van der Waals surface area (Å²) in [4.78, 5) is 13.0. The zero-order valence-electron chi connectivity index (χ0n) is 13.3. The van der Waals surface area contributed by atoms with Crippen molar-refractivity contribution in [3.63, 3.8) is 0 Å². The lowest BCUT2D eigenvalue weighted by molar-refractivity contribution is 0.103. The van der Waals surface area contributed by atoms with Crippen molar-refractivity contribution in [2.75, 3.05) is 0 Å². The quantitative estimate of drug-likeness (QED) is 0.593. The van der Waals surface area contributed by atoms with E-state index in [9.17, 15) is 9.18 Å². The highest BCUT2D eigenvalue weighted by Gasteiger charge is 2.32. The van der Waals surface area contributed by atoms with Crippen LogP contribution in [0.1, 0.15) is 51.5 Å². The molecule has 0 atom stereocenters. The number of rotatable bonds is 5. The third-order valence-corrected chi connectivity index (χ3v) is 4.83. The van der Waals surface area contributed by atoms with Gasteiger partial charge in [0.05, 0.1) is 11.3 Å². The third kappa shape index (κ3) is 3.22. The van der Waals surface area contributed by atoms with Gasteiger partial charge in [-0.05, 0) is 54.7 Å². The fourth-order valence-electron chi connectivity index (χ4n) is 2.99. The highest BCUT2D eigenvalue weighted by Crippen LogP contribution is 2.41. The van der Waals surface area contributed by atoms with Crippen molar-refractivity contribution in [1.82, 2.24) is 5.16 Å². The molecule has 0 aliphatic heterocycles. The standard InChI is InChI=1S/C20H15ClFNO2/c21-18-4-2-1-3-13(18)9-14-10-15(22)7-8-16(14)20(24)17-11-25-23-19(17)12-5-6-12/h1-4,7-8,10-12H,5-6,9H2. The molecule has 1 heterocycles. The summed E-state index contributed by atoms with van der Waals surface area (Å²) in [6, 6.07) is 11.6. The second-order valence-corrected chi connectivity index (χ2v) is 6.69. The van der Waals surface area contributed by atoms with E-state index in [2.05, 4.69) is 5.16 Å². The molecule has 1 saturated carbocycles. The molecule has 25 heavy (non-hydrogen) atoms. The molecule has 0 radical (unpaired) electrons. The fraction of sp³-hybridized carbons (Fsp3) is 0.200. The van der Waals surface area contributed by atoms with E-state index >= 15 is 0 Å². The van der Waals surface area contributed by atoms with Gasteiger partial charge in [-0.2, -0.15) is 0 Å². The maximum absolute atomic E-state index is 13.8. The van der Waals surface area contributed by atoms with E-state index in [1.807, 2.05) is 18.2 Å². The van der Waals surface area contributed by atoms with Crippen molar-refractivity contribution in [3.05, 3.63) is 87.5 Å². The Labute approximate surface area is 149 Å². The molecule has 4 rings (SSSR count). The van der Waals surface area contributed by atoms with Crippen LogP contribution in [0.4, 0.5) is 4.39 Å². The van der Waals surface area contributed by atoms with Gasteiger partial charge in [-0.15, -0.1) is 0 Å². The Balaban J connectivity index is 1.73. The Bertz CT molecular complexity index is 946. The molecule has 1 aliphatic rings. The first kappa shape index (κ1) is 16.0. The van der Waals surface area contributed by atoms with Crippen LogP contribution in [0.25, 0.3) is 0 Å². The minimum Gasteiger partial charge on any atom is -0.364 e. The number of halogens is 2. The number of ketones is 1. The van der Waals surface area contributed by atoms with Gasteiger partial charge in [0.15, 0.2) is 5.78 Å². The summed E-state index contributed by atoms with van der Waals surface area (Å²) in [6.45, 7) is 0. The van der Waals surface area contributed by atoms with Crippen molar-refractivity contribution >= 4 is 17.4 Å². The number of hydrogen-bond donors (Lipinski definition) is 0. The second-order valence-electron chi connectivity index (χ2n) is 6.29. The Hall–Kier alpha value is -2.46. The SMILES string of the molecule is O=C(c1ccc(F)cc1Cc1ccccc1Cl)c1conc1C1CC1. The van der Waals surface area contributed by atoms with Gasteiger partial charge in [-0.25, -0.2) is 4.39 Å². The van der Waals surface area contributed by atoms with E-state index < -0.39 is 0 Å². The zero-order valence-corrected chi connectivity index (χ0v) is 14.1. The molecule has 1 fully saturated rings. The summed E-state index contributed by atoms with van der Waals surface area (Å²) >= 11 is 6.22. The first-order chi connectivity index (χ1) is 12.1. The molecule has 126 valence electrons. The van der Waals surface area contributed by atoms with E-state index in [-0.39, 0.29) is 11.6 Å². The summed E-state index contributed by atoms with van der Waals surface area (Å²) in [6.07, 6.45) is 3.80. The zero-order chi connectivity index (χ0) is 17.4. The summed E-state index contributed by atoms with van der Waals surface area (Å²) in [5.74, 6) is -0.276. The van der Waals surface area contributed by atoms with Crippen LogP contribution in [0.5, 0.6) is 0 Å². The van der Waals surface area contributed by atoms with Crippen LogP contribution < -0.4 is 0 Å². The molecule has 1 aliphatic carbocycles. The van der Waals surface area contributed by atoms with Crippen molar-refractivity contribution in [2.45, 2.75) is 25.2 Å². The molecular weight excluding hydrogens is 341 g/mol. The number of benzene rings is 2.